The van der Waals surface area contributed by atoms with Crippen LogP contribution in [0.3, 0.4) is 0 Å². The number of hydrogen-bond acceptors (Lipinski definition) is 5. The Labute approximate surface area is 320 Å². The molecular formula is C51H29N3O2. The Morgan fingerprint density at radius 1 is 0.286 bits per heavy atom. The van der Waals surface area contributed by atoms with Crippen molar-refractivity contribution in [1.82, 2.24) is 15.0 Å². The van der Waals surface area contributed by atoms with E-state index in [1.807, 2.05) is 66.7 Å². The van der Waals surface area contributed by atoms with E-state index in [9.17, 15) is 0 Å². The monoisotopic (exact) mass is 715 g/mol. The molecule has 0 radical (unpaired) electrons. The van der Waals surface area contributed by atoms with Crippen LogP contribution in [0.5, 0.6) is 0 Å². The molecule has 12 rings (SSSR count). The average Bonchev–Trinajstić information content (AvgIpc) is 3.85. The lowest BCUT2D eigenvalue weighted by Crippen LogP contribution is -2.00. The van der Waals surface area contributed by atoms with Crippen LogP contribution in [-0.4, -0.2) is 15.0 Å². The number of aromatic nitrogens is 3. The Morgan fingerprint density at radius 3 is 1.61 bits per heavy atom. The molecule has 12 aromatic rings. The second-order valence-electron chi connectivity index (χ2n) is 14.3. The maximum absolute atomic E-state index is 6.78. The van der Waals surface area contributed by atoms with Gasteiger partial charge in [0.25, 0.3) is 0 Å². The predicted molar refractivity (Wildman–Crippen MR) is 229 cm³/mol. The number of rotatable bonds is 4. The lowest BCUT2D eigenvalue weighted by Gasteiger charge is -2.12. The number of furan rings is 2. The van der Waals surface area contributed by atoms with E-state index in [0.717, 1.165) is 71.7 Å². The molecule has 0 bridgehead atoms. The second kappa shape index (κ2) is 11.9. The highest BCUT2D eigenvalue weighted by molar-refractivity contribution is 6.26. The summed E-state index contributed by atoms with van der Waals surface area (Å²) in [7, 11) is 0. The molecule has 0 fully saturated rings. The Bertz CT molecular complexity index is 3510. The molecule has 0 saturated heterocycles. The van der Waals surface area contributed by atoms with Gasteiger partial charge in [-0.3, -0.25) is 0 Å². The van der Waals surface area contributed by atoms with Crippen LogP contribution in [0.15, 0.2) is 185 Å². The van der Waals surface area contributed by atoms with E-state index in [1.165, 1.54) is 32.3 Å². The molecule has 0 aliphatic heterocycles. The number of nitrogens with zero attached hydrogens (tertiary/aromatic N) is 3. The minimum Gasteiger partial charge on any atom is -0.456 e. The van der Waals surface area contributed by atoms with Crippen LogP contribution in [-0.2, 0) is 0 Å². The lowest BCUT2D eigenvalue weighted by molar-refractivity contribution is 0.668. The summed E-state index contributed by atoms with van der Waals surface area (Å²) in [5, 5.41) is 11.7. The third kappa shape index (κ3) is 4.64. The van der Waals surface area contributed by atoms with Gasteiger partial charge in [0.1, 0.15) is 22.3 Å². The third-order valence-corrected chi connectivity index (χ3v) is 11.1. The zero-order valence-electron chi connectivity index (χ0n) is 29.9. The highest BCUT2D eigenvalue weighted by atomic mass is 16.3. The van der Waals surface area contributed by atoms with Gasteiger partial charge < -0.3 is 8.83 Å². The van der Waals surface area contributed by atoms with E-state index in [4.69, 9.17) is 23.8 Å². The van der Waals surface area contributed by atoms with Crippen LogP contribution in [0.2, 0.25) is 0 Å². The standard InChI is InChI=1S/C51H29N3O2/c1-2-12-30(13-3-1)49-52-50(32-25-27-40-39-18-8-9-22-44(39)55-46(40)29-32)54-51(53-49)42-21-10-20-41-47-33(19-11-23-45(47)56-48(41)42)31-24-26-38-36-16-5-4-14-34(36)35-15-6-7-17-37(35)43(38)28-31/h1-29H. The zero-order chi connectivity index (χ0) is 36.7. The van der Waals surface area contributed by atoms with Crippen LogP contribution in [0.25, 0.3) is 121 Å². The summed E-state index contributed by atoms with van der Waals surface area (Å²) < 4.78 is 13.0. The van der Waals surface area contributed by atoms with Gasteiger partial charge in [-0.15, -0.1) is 0 Å². The van der Waals surface area contributed by atoms with Gasteiger partial charge in [-0.05, 0) is 79.8 Å². The largest absolute Gasteiger partial charge is 0.456 e. The smallest absolute Gasteiger partial charge is 0.167 e. The van der Waals surface area contributed by atoms with Gasteiger partial charge in [0, 0.05) is 32.7 Å². The molecule has 0 N–H and O–H groups in total. The van der Waals surface area contributed by atoms with E-state index >= 15 is 0 Å². The molecular weight excluding hydrogens is 687 g/mol. The Morgan fingerprint density at radius 2 is 0.821 bits per heavy atom. The first-order chi connectivity index (χ1) is 27.7. The molecule has 0 saturated carbocycles. The van der Waals surface area contributed by atoms with E-state index in [1.54, 1.807) is 0 Å². The first kappa shape index (κ1) is 30.8. The van der Waals surface area contributed by atoms with Gasteiger partial charge in [-0.1, -0.05) is 140 Å². The van der Waals surface area contributed by atoms with Crippen molar-refractivity contribution in [1.29, 1.82) is 0 Å². The van der Waals surface area contributed by atoms with Crippen molar-refractivity contribution in [3.8, 4) is 45.3 Å². The highest BCUT2D eigenvalue weighted by Gasteiger charge is 2.21. The molecule has 0 unspecified atom stereocenters. The average molecular weight is 716 g/mol. The molecule has 0 atom stereocenters. The number of hydrogen-bond donors (Lipinski definition) is 0. The van der Waals surface area contributed by atoms with Crippen molar-refractivity contribution in [3.05, 3.63) is 176 Å². The molecule has 5 heteroatoms. The minimum absolute atomic E-state index is 0.536. The van der Waals surface area contributed by atoms with Crippen LogP contribution < -0.4 is 0 Å². The van der Waals surface area contributed by atoms with Gasteiger partial charge in [0.15, 0.2) is 17.5 Å². The molecule has 0 spiro atoms. The molecule has 0 aliphatic carbocycles. The molecule has 0 amide bonds. The van der Waals surface area contributed by atoms with Crippen LogP contribution in [0.4, 0.5) is 0 Å². The van der Waals surface area contributed by atoms with Gasteiger partial charge in [0.2, 0.25) is 0 Å². The lowest BCUT2D eigenvalue weighted by atomic mass is 9.91. The third-order valence-electron chi connectivity index (χ3n) is 11.1. The highest BCUT2D eigenvalue weighted by Crippen LogP contribution is 2.43. The molecule has 3 aromatic heterocycles. The van der Waals surface area contributed by atoms with Crippen molar-refractivity contribution < 1.29 is 8.83 Å². The summed E-state index contributed by atoms with van der Waals surface area (Å²) in [5.41, 5.74) is 7.95. The number of para-hydroxylation sites is 2. The van der Waals surface area contributed by atoms with Crippen LogP contribution in [0, 0.1) is 0 Å². The van der Waals surface area contributed by atoms with Crippen LogP contribution in [0.1, 0.15) is 0 Å². The SMILES string of the molecule is c1ccc(-c2nc(-c3ccc4c(c3)oc3ccccc34)nc(-c3cccc4c3oc3cccc(-c5ccc6c7ccccc7c7ccccc7c6c5)c34)n2)cc1. The van der Waals surface area contributed by atoms with E-state index in [0.29, 0.717) is 17.5 Å². The van der Waals surface area contributed by atoms with Gasteiger partial charge in [-0.2, -0.15) is 0 Å². The maximum Gasteiger partial charge on any atom is 0.167 e. The summed E-state index contributed by atoms with van der Waals surface area (Å²) in [6.45, 7) is 0. The normalized spacial score (nSPS) is 11.9. The molecule has 5 nitrogen and oxygen atoms in total. The van der Waals surface area contributed by atoms with Gasteiger partial charge in [-0.25, -0.2) is 15.0 Å². The fourth-order valence-corrected chi connectivity index (χ4v) is 8.55. The second-order valence-corrected chi connectivity index (χ2v) is 14.3. The summed E-state index contributed by atoms with van der Waals surface area (Å²) in [5.74, 6) is 1.68. The summed E-state index contributed by atoms with van der Waals surface area (Å²) >= 11 is 0. The van der Waals surface area contributed by atoms with E-state index in [-0.39, 0.29) is 0 Å². The Kier molecular flexibility index (Phi) is 6.56. The summed E-state index contributed by atoms with van der Waals surface area (Å²) in [6, 6.07) is 61.1. The first-order valence-corrected chi connectivity index (χ1v) is 18.8. The summed E-state index contributed by atoms with van der Waals surface area (Å²) in [4.78, 5) is 15.2. The fourth-order valence-electron chi connectivity index (χ4n) is 8.55. The van der Waals surface area contributed by atoms with Crippen molar-refractivity contribution in [3.63, 3.8) is 0 Å². The first-order valence-electron chi connectivity index (χ1n) is 18.8. The quantitative estimate of drug-likeness (QED) is 0.170. The van der Waals surface area contributed by atoms with Gasteiger partial charge >= 0.3 is 0 Å². The molecule has 56 heavy (non-hydrogen) atoms. The van der Waals surface area contributed by atoms with Crippen molar-refractivity contribution in [2.24, 2.45) is 0 Å². The summed E-state index contributed by atoms with van der Waals surface area (Å²) in [6.07, 6.45) is 0. The Balaban J connectivity index is 1.06. The van der Waals surface area contributed by atoms with Crippen molar-refractivity contribution >= 4 is 76.2 Å². The fraction of sp³-hybridized carbons (Fsp3) is 0. The van der Waals surface area contributed by atoms with Gasteiger partial charge in [0.05, 0.1) is 5.56 Å². The number of fused-ring (bicyclic) bond motifs is 12. The van der Waals surface area contributed by atoms with Crippen molar-refractivity contribution in [2.45, 2.75) is 0 Å². The molecule has 260 valence electrons. The topological polar surface area (TPSA) is 65.0 Å². The van der Waals surface area contributed by atoms with Crippen molar-refractivity contribution in [2.75, 3.05) is 0 Å². The predicted octanol–water partition coefficient (Wildman–Crippen LogP) is 13.8. The zero-order valence-corrected chi connectivity index (χ0v) is 29.9. The van der Waals surface area contributed by atoms with E-state index < -0.39 is 0 Å². The Hall–Kier alpha value is -7.63. The molecule has 9 aromatic carbocycles. The maximum atomic E-state index is 6.78. The minimum atomic E-state index is 0.536. The number of benzene rings is 9. The van der Waals surface area contributed by atoms with E-state index in [2.05, 4.69) is 109 Å². The molecule has 3 heterocycles. The molecule has 0 aliphatic rings. The van der Waals surface area contributed by atoms with Crippen LogP contribution >= 0.6 is 0 Å².